The Morgan fingerprint density at radius 2 is 1.95 bits per heavy atom. The molecular formula is C15H26N2O2. The molecule has 1 aromatic rings. The van der Waals surface area contributed by atoms with Crippen molar-refractivity contribution in [1.29, 1.82) is 0 Å². The van der Waals surface area contributed by atoms with Crippen LogP contribution in [0.25, 0.3) is 0 Å². The smallest absolute Gasteiger partial charge is 0.0897 e. The fourth-order valence-electron chi connectivity index (χ4n) is 1.95. The highest BCUT2D eigenvalue weighted by Gasteiger charge is 2.09. The molecule has 2 atom stereocenters. The van der Waals surface area contributed by atoms with E-state index in [2.05, 4.69) is 31.1 Å². The van der Waals surface area contributed by atoms with Crippen LogP contribution in [0.1, 0.15) is 32.8 Å². The van der Waals surface area contributed by atoms with E-state index >= 15 is 0 Å². The van der Waals surface area contributed by atoms with Crippen LogP contribution in [0.15, 0.2) is 24.5 Å². The number of aliphatic hydroxyl groups is 1. The van der Waals surface area contributed by atoms with E-state index in [0.717, 1.165) is 18.5 Å². The van der Waals surface area contributed by atoms with Gasteiger partial charge in [0, 0.05) is 25.5 Å². The molecule has 0 saturated heterocycles. The van der Waals surface area contributed by atoms with Crippen LogP contribution in [0.3, 0.4) is 0 Å². The predicted molar refractivity (Wildman–Crippen MR) is 76.8 cm³/mol. The molecule has 0 radical (unpaired) electrons. The second-order valence-electron chi connectivity index (χ2n) is 5.41. The maximum absolute atomic E-state index is 9.81. The lowest BCUT2D eigenvalue weighted by atomic mass is 10.1. The van der Waals surface area contributed by atoms with E-state index in [4.69, 9.17) is 4.74 Å². The Balaban J connectivity index is 2.09. The predicted octanol–water partition coefficient (Wildman–Crippen LogP) is 1.98. The second-order valence-corrected chi connectivity index (χ2v) is 5.41. The number of rotatable bonds is 9. The highest BCUT2D eigenvalue weighted by atomic mass is 16.5. The molecule has 0 spiro atoms. The van der Waals surface area contributed by atoms with E-state index in [1.807, 2.05) is 12.1 Å². The zero-order valence-corrected chi connectivity index (χ0v) is 12.2. The zero-order chi connectivity index (χ0) is 14.1. The van der Waals surface area contributed by atoms with Crippen LogP contribution in [-0.4, -0.2) is 35.5 Å². The molecule has 0 aliphatic carbocycles. The van der Waals surface area contributed by atoms with E-state index in [9.17, 15) is 5.11 Å². The highest BCUT2D eigenvalue weighted by Crippen LogP contribution is 2.07. The summed E-state index contributed by atoms with van der Waals surface area (Å²) in [4.78, 5) is 3.96. The Bertz CT molecular complexity index is 330. The molecule has 4 heteroatoms. The van der Waals surface area contributed by atoms with Crippen molar-refractivity contribution >= 4 is 0 Å². The maximum atomic E-state index is 9.81. The van der Waals surface area contributed by atoms with Gasteiger partial charge in [0.1, 0.15) is 0 Å². The molecule has 4 nitrogen and oxygen atoms in total. The standard InChI is InChI=1S/C15H26N2O2/c1-12(2)8-13(3)19-11-15(18)10-17-9-14-4-6-16-7-5-14/h4-7,12-13,15,17-18H,8-11H2,1-3H3. The van der Waals surface area contributed by atoms with Crippen molar-refractivity contribution < 1.29 is 9.84 Å². The maximum Gasteiger partial charge on any atom is 0.0897 e. The fraction of sp³-hybridized carbons (Fsp3) is 0.667. The summed E-state index contributed by atoms with van der Waals surface area (Å²) in [6.07, 6.45) is 4.30. The number of nitrogens with zero attached hydrogens (tertiary/aromatic N) is 1. The van der Waals surface area contributed by atoms with Gasteiger partial charge >= 0.3 is 0 Å². The van der Waals surface area contributed by atoms with E-state index in [1.54, 1.807) is 12.4 Å². The number of aliphatic hydroxyl groups excluding tert-OH is 1. The highest BCUT2D eigenvalue weighted by molar-refractivity contribution is 5.08. The number of hydrogen-bond acceptors (Lipinski definition) is 4. The third-order valence-corrected chi connectivity index (χ3v) is 2.83. The molecule has 0 bridgehead atoms. The van der Waals surface area contributed by atoms with Crippen molar-refractivity contribution in [2.45, 2.75) is 45.9 Å². The van der Waals surface area contributed by atoms with Crippen LogP contribution in [0.5, 0.6) is 0 Å². The van der Waals surface area contributed by atoms with Gasteiger partial charge < -0.3 is 15.2 Å². The van der Waals surface area contributed by atoms with E-state index in [0.29, 0.717) is 19.1 Å². The molecule has 0 aliphatic heterocycles. The first-order valence-electron chi connectivity index (χ1n) is 6.97. The minimum atomic E-state index is -0.462. The van der Waals surface area contributed by atoms with Crippen molar-refractivity contribution in [3.63, 3.8) is 0 Å². The molecule has 0 saturated carbocycles. The van der Waals surface area contributed by atoms with Gasteiger partial charge in [0.25, 0.3) is 0 Å². The average Bonchev–Trinajstić information content (AvgIpc) is 2.37. The Hall–Kier alpha value is -0.970. The van der Waals surface area contributed by atoms with Crippen molar-refractivity contribution in [2.75, 3.05) is 13.2 Å². The Morgan fingerprint density at radius 1 is 1.26 bits per heavy atom. The minimum absolute atomic E-state index is 0.204. The lowest BCUT2D eigenvalue weighted by Crippen LogP contribution is -2.31. The molecule has 0 amide bonds. The summed E-state index contributed by atoms with van der Waals surface area (Å²) < 4.78 is 5.62. The number of pyridine rings is 1. The van der Waals surface area contributed by atoms with Crippen LogP contribution >= 0.6 is 0 Å². The van der Waals surface area contributed by atoms with Crippen molar-refractivity contribution in [2.24, 2.45) is 5.92 Å². The fourth-order valence-corrected chi connectivity index (χ4v) is 1.95. The molecule has 108 valence electrons. The van der Waals surface area contributed by atoms with Gasteiger partial charge in [-0.2, -0.15) is 0 Å². The van der Waals surface area contributed by atoms with E-state index < -0.39 is 6.10 Å². The Kier molecular flexibility index (Phi) is 7.63. The van der Waals surface area contributed by atoms with Gasteiger partial charge in [-0.3, -0.25) is 4.98 Å². The molecule has 0 aromatic carbocycles. The van der Waals surface area contributed by atoms with Gasteiger partial charge in [0.2, 0.25) is 0 Å². The van der Waals surface area contributed by atoms with Crippen LogP contribution < -0.4 is 5.32 Å². The largest absolute Gasteiger partial charge is 0.389 e. The first-order valence-corrected chi connectivity index (χ1v) is 6.97. The zero-order valence-electron chi connectivity index (χ0n) is 12.2. The Labute approximate surface area is 116 Å². The first-order chi connectivity index (χ1) is 9.08. The summed E-state index contributed by atoms with van der Waals surface area (Å²) >= 11 is 0. The van der Waals surface area contributed by atoms with Gasteiger partial charge in [-0.25, -0.2) is 0 Å². The van der Waals surface area contributed by atoms with Gasteiger partial charge in [-0.1, -0.05) is 13.8 Å². The molecule has 1 rings (SSSR count). The lowest BCUT2D eigenvalue weighted by molar-refractivity contribution is -0.00857. The molecule has 0 aliphatic rings. The van der Waals surface area contributed by atoms with Crippen LogP contribution in [0.4, 0.5) is 0 Å². The van der Waals surface area contributed by atoms with Gasteiger partial charge in [-0.15, -0.1) is 0 Å². The molecule has 0 fully saturated rings. The normalized spacial score (nSPS) is 14.6. The van der Waals surface area contributed by atoms with Crippen molar-refractivity contribution in [1.82, 2.24) is 10.3 Å². The summed E-state index contributed by atoms with van der Waals surface area (Å²) in [5.41, 5.74) is 1.16. The monoisotopic (exact) mass is 266 g/mol. The summed E-state index contributed by atoms with van der Waals surface area (Å²) in [5.74, 6) is 0.622. The lowest BCUT2D eigenvalue weighted by Gasteiger charge is -2.18. The average molecular weight is 266 g/mol. The third-order valence-electron chi connectivity index (χ3n) is 2.83. The quantitative estimate of drug-likeness (QED) is 0.717. The molecule has 19 heavy (non-hydrogen) atoms. The SMILES string of the molecule is CC(C)CC(C)OCC(O)CNCc1ccncc1. The van der Waals surface area contributed by atoms with Crippen molar-refractivity contribution in [3.05, 3.63) is 30.1 Å². The van der Waals surface area contributed by atoms with Gasteiger partial charge in [-0.05, 0) is 37.0 Å². The third kappa shape index (κ3) is 7.93. The van der Waals surface area contributed by atoms with Gasteiger partial charge in [0.15, 0.2) is 0 Å². The second kappa shape index (κ2) is 9.02. The summed E-state index contributed by atoms with van der Waals surface area (Å²) in [5, 5.41) is 13.0. The summed E-state index contributed by atoms with van der Waals surface area (Å²) in [7, 11) is 0. The first kappa shape index (κ1) is 16.1. The van der Waals surface area contributed by atoms with E-state index in [-0.39, 0.29) is 6.10 Å². The summed E-state index contributed by atoms with van der Waals surface area (Å²) in [6.45, 7) is 8.06. The summed E-state index contributed by atoms with van der Waals surface area (Å²) in [6, 6.07) is 3.92. The van der Waals surface area contributed by atoms with E-state index in [1.165, 1.54) is 0 Å². The Morgan fingerprint density at radius 3 is 2.58 bits per heavy atom. The number of ether oxygens (including phenoxy) is 1. The topological polar surface area (TPSA) is 54.4 Å². The number of aromatic nitrogens is 1. The molecule has 2 unspecified atom stereocenters. The molecule has 2 N–H and O–H groups in total. The minimum Gasteiger partial charge on any atom is -0.389 e. The van der Waals surface area contributed by atoms with Crippen LogP contribution in [0, 0.1) is 5.92 Å². The van der Waals surface area contributed by atoms with Gasteiger partial charge in [0.05, 0.1) is 18.8 Å². The molecule has 1 aromatic heterocycles. The molecular weight excluding hydrogens is 240 g/mol. The van der Waals surface area contributed by atoms with Crippen molar-refractivity contribution in [3.8, 4) is 0 Å². The number of nitrogens with one attached hydrogen (secondary N) is 1. The van der Waals surface area contributed by atoms with Crippen LogP contribution in [0.2, 0.25) is 0 Å². The van der Waals surface area contributed by atoms with Crippen LogP contribution in [-0.2, 0) is 11.3 Å². The number of hydrogen-bond donors (Lipinski definition) is 2. The molecule has 1 heterocycles.